The summed E-state index contributed by atoms with van der Waals surface area (Å²) < 4.78 is 15.9. The highest BCUT2D eigenvalue weighted by molar-refractivity contribution is 6.31. The molecule has 3 aromatic rings. The van der Waals surface area contributed by atoms with Crippen molar-refractivity contribution in [3.8, 4) is 0 Å². The summed E-state index contributed by atoms with van der Waals surface area (Å²) in [6.45, 7) is 6.15. The van der Waals surface area contributed by atoms with Gasteiger partial charge in [-0.1, -0.05) is 68.2 Å². The Balaban J connectivity index is 1.68. The quantitative estimate of drug-likeness (QED) is 0.320. The van der Waals surface area contributed by atoms with E-state index < -0.39 is 35.1 Å². The molecule has 1 fully saturated rings. The number of halogens is 3. The van der Waals surface area contributed by atoms with E-state index in [0.717, 1.165) is 0 Å². The number of nitrogens with zero attached hydrogens (tertiary/aromatic N) is 1. The second-order valence-electron chi connectivity index (χ2n) is 12.4. The molecule has 5 rings (SSSR count). The minimum absolute atomic E-state index is 0.106. The molecule has 3 N–H and O–H groups in total. The van der Waals surface area contributed by atoms with Crippen LogP contribution in [0.4, 0.5) is 15.8 Å². The summed E-state index contributed by atoms with van der Waals surface area (Å²) in [4.78, 5) is 42.4. The third-order valence-corrected chi connectivity index (χ3v) is 8.53. The molecular formula is C32H33Cl2FN4O3. The first-order valence-corrected chi connectivity index (χ1v) is 14.4. The van der Waals surface area contributed by atoms with Gasteiger partial charge in [0.05, 0.1) is 11.1 Å². The molecular weight excluding hydrogens is 578 g/mol. The van der Waals surface area contributed by atoms with Crippen LogP contribution in [0, 0.1) is 11.2 Å². The molecule has 0 aliphatic carbocycles. The Morgan fingerprint density at radius 3 is 2.45 bits per heavy atom. The van der Waals surface area contributed by atoms with Crippen molar-refractivity contribution in [2.75, 3.05) is 24.7 Å². The number of hydrogen-bond donors (Lipinski definition) is 3. The van der Waals surface area contributed by atoms with Crippen molar-refractivity contribution in [3.05, 3.63) is 93.2 Å². The number of rotatable bonds is 5. The molecule has 0 saturated carbocycles. The molecule has 2 heterocycles. The lowest BCUT2D eigenvalue weighted by Gasteiger charge is -2.37. The predicted octanol–water partition coefficient (Wildman–Crippen LogP) is 6.22. The van der Waals surface area contributed by atoms with Crippen molar-refractivity contribution >= 4 is 52.3 Å². The summed E-state index contributed by atoms with van der Waals surface area (Å²) >= 11 is 12.6. The van der Waals surface area contributed by atoms with Crippen molar-refractivity contribution in [2.45, 2.75) is 50.6 Å². The number of carbonyl (C=O) groups excluding carboxylic acids is 3. The summed E-state index contributed by atoms with van der Waals surface area (Å²) in [5.41, 5.74) is 0.496. The molecule has 220 valence electrons. The van der Waals surface area contributed by atoms with Gasteiger partial charge in [0, 0.05) is 48.0 Å². The zero-order valence-electron chi connectivity index (χ0n) is 24.0. The Morgan fingerprint density at radius 2 is 1.76 bits per heavy atom. The van der Waals surface area contributed by atoms with Gasteiger partial charge in [-0.25, -0.2) is 4.39 Å². The summed E-state index contributed by atoms with van der Waals surface area (Å²) in [6.07, 6.45) is 0.498. The Hall–Kier alpha value is -3.46. The zero-order valence-corrected chi connectivity index (χ0v) is 25.5. The molecule has 0 aromatic heterocycles. The second kappa shape index (κ2) is 11.0. The standard InChI is InChI=1S/C32H33Cl2FN4O3/c1-31(2,3)16-24-32(21-13-12-18(33)15-23(21)37-30(32)42)25(20-10-7-11-22(34)26(20)35)27(38-24)28(40)36-19-9-6-8-17(14-19)29(41)39(4)5/h6-15,24-25,27,38H,16H2,1-5H3,(H,36,40)(H,37,42)/t24-,25-,27+,32+/m0/s1. The van der Waals surface area contributed by atoms with Gasteiger partial charge in [-0.2, -0.15) is 0 Å². The van der Waals surface area contributed by atoms with Crippen molar-refractivity contribution in [1.29, 1.82) is 0 Å². The highest BCUT2D eigenvalue weighted by atomic mass is 35.5. The lowest BCUT2D eigenvalue weighted by molar-refractivity contribution is -0.122. The molecule has 0 radical (unpaired) electrons. The first-order chi connectivity index (χ1) is 19.7. The van der Waals surface area contributed by atoms with Gasteiger partial charge in [-0.15, -0.1) is 0 Å². The van der Waals surface area contributed by atoms with Crippen LogP contribution in [0.15, 0.2) is 60.7 Å². The van der Waals surface area contributed by atoms with E-state index in [1.54, 1.807) is 68.7 Å². The molecule has 10 heteroatoms. The maximum Gasteiger partial charge on any atom is 0.253 e. The van der Waals surface area contributed by atoms with E-state index in [1.807, 2.05) is 20.8 Å². The molecule has 3 aromatic carbocycles. The average molecular weight is 612 g/mol. The first-order valence-electron chi connectivity index (χ1n) is 13.7. The van der Waals surface area contributed by atoms with Crippen molar-refractivity contribution < 1.29 is 18.8 Å². The fourth-order valence-electron chi connectivity index (χ4n) is 6.36. The number of hydrogen-bond acceptors (Lipinski definition) is 4. The molecule has 1 spiro atoms. The fourth-order valence-corrected chi connectivity index (χ4v) is 6.71. The number of nitrogens with one attached hydrogen (secondary N) is 3. The third kappa shape index (κ3) is 5.16. The third-order valence-electron chi connectivity index (χ3n) is 8.00. The van der Waals surface area contributed by atoms with Gasteiger partial charge in [-0.3, -0.25) is 14.4 Å². The van der Waals surface area contributed by atoms with Gasteiger partial charge < -0.3 is 20.9 Å². The molecule has 1 saturated heterocycles. The van der Waals surface area contributed by atoms with Crippen molar-refractivity contribution in [1.82, 2.24) is 10.2 Å². The lowest BCUT2D eigenvalue weighted by Crippen LogP contribution is -2.49. The minimum atomic E-state index is -1.36. The summed E-state index contributed by atoms with van der Waals surface area (Å²) in [6, 6.07) is 14.8. The van der Waals surface area contributed by atoms with Crippen LogP contribution in [0.1, 0.15) is 54.6 Å². The SMILES string of the molecule is CN(C)C(=O)c1cccc(NC(=O)[C@@H]2N[C@@H](CC(C)(C)C)[C@@]3(C(=O)Nc4cc(Cl)ccc43)[C@H]2c2cccc(Cl)c2F)c1. The van der Waals surface area contributed by atoms with E-state index in [9.17, 15) is 14.4 Å². The Bertz CT molecular complexity index is 1590. The van der Waals surface area contributed by atoms with Crippen LogP contribution in [0.2, 0.25) is 10.0 Å². The van der Waals surface area contributed by atoms with E-state index >= 15 is 4.39 Å². The maximum absolute atomic E-state index is 15.9. The van der Waals surface area contributed by atoms with Crippen LogP contribution in [-0.4, -0.2) is 48.8 Å². The van der Waals surface area contributed by atoms with Crippen LogP contribution < -0.4 is 16.0 Å². The van der Waals surface area contributed by atoms with E-state index in [0.29, 0.717) is 33.9 Å². The van der Waals surface area contributed by atoms with Gasteiger partial charge in [0.2, 0.25) is 11.8 Å². The minimum Gasteiger partial charge on any atom is -0.345 e. The second-order valence-corrected chi connectivity index (χ2v) is 13.2. The number of fused-ring (bicyclic) bond motifs is 2. The highest BCUT2D eigenvalue weighted by Crippen LogP contribution is 2.57. The van der Waals surface area contributed by atoms with Gasteiger partial charge in [0.25, 0.3) is 5.91 Å². The average Bonchev–Trinajstić information content (AvgIpc) is 3.38. The fraction of sp³-hybridized carbons (Fsp3) is 0.344. The van der Waals surface area contributed by atoms with E-state index in [-0.39, 0.29) is 27.8 Å². The van der Waals surface area contributed by atoms with E-state index in [1.165, 1.54) is 11.0 Å². The van der Waals surface area contributed by atoms with Crippen LogP contribution in [0.25, 0.3) is 0 Å². The Kier molecular flexibility index (Phi) is 7.85. The molecule has 42 heavy (non-hydrogen) atoms. The largest absolute Gasteiger partial charge is 0.345 e. The number of carbonyl (C=O) groups is 3. The highest BCUT2D eigenvalue weighted by Gasteiger charge is 2.66. The lowest BCUT2D eigenvalue weighted by atomic mass is 9.62. The number of amides is 3. The van der Waals surface area contributed by atoms with E-state index in [4.69, 9.17) is 23.2 Å². The maximum atomic E-state index is 15.9. The van der Waals surface area contributed by atoms with Crippen molar-refractivity contribution in [2.24, 2.45) is 5.41 Å². The van der Waals surface area contributed by atoms with Gasteiger partial charge >= 0.3 is 0 Å². The molecule has 2 aliphatic rings. The van der Waals surface area contributed by atoms with Gasteiger partial charge in [0.1, 0.15) is 11.2 Å². The summed E-state index contributed by atoms with van der Waals surface area (Å²) in [5.74, 6) is -2.70. The monoisotopic (exact) mass is 610 g/mol. The normalized spacial score (nSPS) is 23.0. The Labute approximate surface area is 254 Å². The summed E-state index contributed by atoms with van der Waals surface area (Å²) in [7, 11) is 3.29. The van der Waals surface area contributed by atoms with Crippen LogP contribution in [-0.2, 0) is 15.0 Å². The first kappa shape index (κ1) is 30.0. The summed E-state index contributed by atoms with van der Waals surface area (Å²) in [5, 5.41) is 9.66. The molecule has 3 amide bonds. The van der Waals surface area contributed by atoms with E-state index in [2.05, 4.69) is 16.0 Å². The van der Waals surface area contributed by atoms with Crippen molar-refractivity contribution in [3.63, 3.8) is 0 Å². The predicted molar refractivity (Wildman–Crippen MR) is 164 cm³/mol. The molecule has 0 unspecified atom stereocenters. The van der Waals surface area contributed by atoms with Crippen LogP contribution in [0.5, 0.6) is 0 Å². The van der Waals surface area contributed by atoms with Crippen LogP contribution in [0.3, 0.4) is 0 Å². The number of anilines is 2. The molecule has 2 aliphatic heterocycles. The smallest absolute Gasteiger partial charge is 0.253 e. The van der Waals surface area contributed by atoms with Gasteiger partial charge in [-0.05, 0) is 59.4 Å². The molecule has 4 atom stereocenters. The molecule has 7 nitrogen and oxygen atoms in total. The topological polar surface area (TPSA) is 90.5 Å². The molecule has 0 bridgehead atoms. The Morgan fingerprint density at radius 1 is 1.05 bits per heavy atom. The van der Waals surface area contributed by atoms with Gasteiger partial charge in [0.15, 0.2) is 0 Å². The zero-order chi connectivity index (χ0) is 30.6. The van der Waals surface area contributed by atoms with Crippen LogP contribution >= 0.6 is 23.2 Å². The number of benzene rings is 3.